The summed E-state index contributed by atoms with van der Waals surface area (Å²) < 4.78 is 16.8. The Morgan fingerprint density at radius 1 is 0.235 bits per heavy atom. The predicted octanol–water partition coefficient (Wildman–Crippen LogP) is 20.7. The van der Waals surface area contributed by atoms with Crippen LogP contribution in [0.3, 0.4) is 0 Å². The summed E-state index contributed by atoms with van der Waals surface area (Å²) >= 11 is 0. The molecule has 0 aliphatic carbocycles. The summed E-state index contributed by atoms with van der Waals surface area (Å²) in [4.78, 5) is 38.0. The zero-order chi connectivity index (χ0) is 49.3. The molecule has 0 aliphatic heterocycles. The second-order valence-electron chi connectivity index (χ2n) is 21.3. The van der Waals surface area contributed by atoms with Gasteiger partial charge in [-0.3, -0.25) is 14.4 Å². The molecule has 0 N–H and O–H groups in total. The number of rotatable bonds is 58. The molecule has 0 aromatic heterocycles. The fraction of sp³-hybridized carbons (Fsp3) is 0.952. The summed E-state index contributed by atoms with van der Waals surface area (Å²) in [5, 5.41) is 0. The van der Waals surface area contributed by atoms with Crippen LogP contribution in [0.25, 0.3) is 0 Å². The maximum atomic E-state index is 12.8. The second kappa shape index (κ2) is 58.0. The van der Waals surface area contributed by atoms with Gasteiger partial charge in [0.2, 0.25) is 0 Å². The highest BCUT2D eigenvalue weighted by Gasteiger charge is 2.19. The molecule has 0 bridgehead atoms. The minimum atomic E-state index is -0.760. The molecule has 0 fully saturated rings. The summed E-state index contributed by atoms with van der Waals surface area (Å²) in [6, 6.07) is 0. The highest BCUT2D eigenvalue weighted by Crippen LogP contribution is 2.18. The van der Waals surface area contributed by atoms with Gasteiger partial charge in [0.15, 0.2) is 6.10 Å². The minimum absolute atomic E-state index is 0.0617. The predicted molar refractivity (Wildman–Crippen MR) is 294 cm³/mol. The minimum Gasteiger partial charge on any atom is -0.462 e. The molecule has 404 valence electrons. The topological polar surface area (TPSA) is 78.9 Å². The highest BCUT2D eigenvalue weighted by atomic mass is 16.6. The largest absolute Gasteiger partial charge is 0.462 e. The molecule has 68 heavy (non-hydrogen) atoms. The SMILES string of the molecule is CCCCCCCCCCCCCCCCCCCCCCCCCCCC(=O)OCC(COC(=O)CCCCCCCCC)OC(=O)CCCCCCCCCCCCCCCCCCCC. The lowest BCUT2D eigenvalue weighted by molar-refractivity contribution is -0.167. The standard InChI is InChI=1S/C62H120O6/c1-4-7-10-13-16-18-20-22-24-26-28-29-30-31-32-33-34-36-37-39-41-43-46-49-52-55-61(64)67-58-59(57-66-60(63)54-51-48-45-15-12-9-6-3)68-62(65)56-53-50-47-44-42-40-38-35-27-25-23-21-19-17-14-11-8-5-2/h59H,4-58H2,1-3H3. The van der Waals surface area contributed by atoms with E-state index >= 15 is 0 Å². The van der Waals surface area contributed by atoms with Crippen molar-refractivity contribution in [2.24, 2.45) is 0 Å². The maximum Gasteiger partial charge on any atom is 0.306 e. The Bertz CT molecular complexity index is 1010. The Balaban J connectivity index is 4.05. The van der Waals surface area contributed by atoms with Crippen molar-refractivity contribution in [2.75, 3.05) is 13.2 Å². The van der Waals surface area contributed by atoms with Gasteiger partial charge in [-0.15, -0.1) is 0 Å². The van der Waals surface area contributed by atoms with E-state index < -0.39 is 6.10 Å². The lowest BCUT2D eigenvalue weighted by atomic mass is 10.0. The average Bonchev–Trinajstić information content (AvgIpc) is 3.34. The van der Waals surface area contributed by atoms with Crippen LogP contribution in [-0.4, -0.2) is 37.2 Å². The van der Waals surface area contributed by atoms with Gasteiger partial charge in [0.1, 0.15) is 13.2 Å². The van der Waals surface area contributed by atoms with Crippen molar-refractivity contribution in [1.29, 1.82) is 0 Å². The van der Waals surface area contributed by atoms with Crippen LogP contribution < -0.4 is 0 Å². The van der Waals surface area contributed by atoms with Crippen molar-refractivity contribution >= 4 is 17.9 Å². The van der Waals surface area contributed by atoms with Gasteiger partial charge >= 0.3 is 17.9 Å². The van der Waals surface area contributed by atoms with E-state index in [9.17, 15) is 14.4 Å². The average molecular weight is 962 g/mol. The lowest BCUT2D eigenvalue weighted by Gasteiger charge is -2.18. The third kappa shape index (κ3) is 55.3. The summed E-state index contributed by atoms with van der Waals surface area (Å²) in [7, 11) is 0. The molecule has 1 atom stereocenters. The Kier molecular flexibility index (Phi) is 56.6. The van der Waals surface area contributed by atoms with E-state index in [0.29, 0.717) is 19.3 Å². The molecule has 0 aliphatic rings. The number of unbranched alkanes of at least 4 members (excludes halogenated alkanes) is 47. The van der Waals surface area contributed by atoms with Gasteiger partial charge in [0.05, 0.1) is 0 Å². The molecule has 0 saturated heterocycles. The molecule has 0 aromatic rings. The van der Waals surface area contributed by atoms with Crippen LogP contribution in [0.5, 0.6) is 0 Å². The molecular weight excluding hydrogens is 841 g/mol. The molecule has 0 rings (SSSR count). The third-order valence-electron chi connectivity index (χ3n) is 14.4. The van der Waals surface area contributed by atoms with Crippen molar-refractivity contribution < 1.29 is 28.6 Å². The summed E-state index contributed by atoms with van der Waals surface area (Å²) in [6.45, 7) is 6.67. The normalized spacial score (nSPS) is 11.9. The maximum absolute atomic E-state index is 12.8. The first-order valence-corrected chi connectivity index (χ1v) is 31.0. The van der Waals surface area contributed by atoms with Crippen LogP contribution in [0.4, 0.5) is 0 Å². The first kappa shape index (κ1) is 66.4. The van der Waals surface area contributed by atoms with E-state index in [1.807, 2.05) is 0 Å². The van der Waals surface area contributed by atoms with Crippen molar-refractivity contribution in [3.05, 3.63) is 0 Å². The van der Waals surface area contributed by atoms with Crippen molar-refractivity contribution in [3.63, 3.8) is 0 Å². The van der Waals surface area contributed by atoms with E-state index in [1.165, 1.54) is 263 Å². The molecule has 6 heteroatoms. The molecule has 0 spiro atoms. The van der Waals surface area contributed by atoms with E-state index in [-0.39, 0.29) is 31.1 Å². The van der Waals surface area contributed by atoms with Gasteiger partial charge in [-0.05, 0) is 19.3 Å². The highest BCUT2D eigenvalue weighted by molar-refractivity contribution is 5.71. The number of hydrogen-bond acceptors (Lipinski definition) is 6. The molecule has 0 aromatic carbocycles. The Morgan fingerprint density at radius 3 is 0.588 bits per heavy atom. The van der Waals surface area contributed by atoms with E-state index in [4.69, 9.17) is 14.2 Å². The Labute approximate surface area is 425 Å². The third-order valence-corrected chi connectivity index (χ3v) is 14.4. The first-order chi connectivity index (χ1) is 33.5. The molecule has 0 radical (unpaired) electrons. The fourth-order valence-corrected chi connectivity index (χ4v) is 9.68. The van der Waals surface area contributed by atoms with Crippen molar-refractivity contribution in [2.45, 2.75) is 367 Å². The Hall–Kier alpha value is -1.59. The quantitative estimate of drug-likeness (QED) is 0.0343. The smallest absolute Gasteiger partial charge is 0.306 e. The van der Waals surface area contributed by atoms with Gasteiger partial charge in [-0.25, -0.2) is 0 Å². The monoisotopic (exact) mass is 961 g/mol. The van der Waals surface area contributed by atoms with Crippen molar-refractivity contribution in [3.8, 4) is 0 Å². The van der Waals surface area contributed by atoms with Gasteiger partial charge < -0.3 is 14.2 Å². The lowest BCUT2D eigenvalue weighted by Crippen LogP contribution is -2.30. The number of carbonyl (C=O) groups excluding carboxylic acids is 3. The van der Waals surface area contributed by atoms with Gasteiger partial charge in [-0.1, -0.05) is 323 Å². The van der Waals surface area contributed by atoms with Gasteiger partial charge in [-0.2, -0.15) is 0 Å². The van der Waals surface area contributed by atoms with Gasteiger partial charge in [0.25, 0.3) is 0 Å². The van der Waals surface area contributed by atoms with Crippen LogP contribution in [-0.2, 0) is 28.6 Å². The summed E-state index contributed by atoms with van der Waals surface area (Å²) in [5.41, 5.74) is 0. The van der Waals surface area contributed by atoms with Crippen LogP contribution in [0.2, 0.25) is 0 Å². The summed E-state index contributed by atoms with van der Waals surface area (Å²) in [5.74, 6) is -0.839. The zero-order valence-electron chi connectivity index (χ0n) is 46.4. The molecule has 6 nitrogen and oxygen atoms in total. The second-order valence-corrected chi connectivity index (χ2v) is 21.3. The number of carbonyl (C=O) groups is 3. The number of ether oxygens (including phenoxy) is 3. The number of esters is 3. The summed E-state index contributed by atoms with van der Waals surface area (Å²) in [6.07, 6.45) is 65.7. The molecule has 0 amide bonds. The first-order valence-electron chi connectivity index (χ1n) is 31.0. The van der Waals surface area contributed by atoms with Crippen LogP contribution in [0.15, 0.2) is 0 Å². The molecule has 0 heterocycles. The van der Waals surface area contributed by atoms with E-state index in [2.05, 4.69) is 20.8 Å². The van der Waals surface area contributed by atoms with E-state index in [0.717, 1.165) is 57.8 Å². The fourth-order valence-electron chi connectivity index (χ4n) is 9.68. The zero-order valence-corrected chi connectivity index (χ0v) is 46.4. The molecule has 1 unspecified atom stereocenters. The Morgan fingerprint density at radius 2 is 0.397 bits per heavy atom. The molecule has 0 saturated carbocycles. The van der Waals surface area contributed by atoms with Gasteiger partial charge in [0, 0.05) is 19.3 Å². The molecular formula is C62H120O6. The van der Waals surface area contributed by atoms with Crippen molar-refractivity contribution in [1.82, 2.24) is 0 Å². The van der Waals surface area contributed by atoms with Crippen LogP contribution >= 0.6 is 0 Å². The number of hydrogen-bond donors (Lipinski definition) is 0. The van der Waals surface area contributed by atoms with Crippen LogP contribution in [0, 0.1) is 0 Å². The van der Waals surface area contributed by atoms with E-state index in [1.54, 1.807) is 0 Å². The van der Waals surface area contributed by atoms with Crippen LogP contribution in [0.1, 0.15) is 361 Å².